The Labute approximate surface area is 140 Å². The summed E-state index contributed by atoms with van der Waals surface area (Å²) in [7, 11) is 1.54. The van der Waals surface area contributed by atoms with Crippen molar-refractivity contribution in [3.05, 3.63) is 24.3 Å². The summed E-state index contributed by atoms with van der Waals surface area (Å²) < 4.78 is 14.9. The second-order valence-electron chi connectivity index (χ2n) is 5.28. The number of rotatable bonds is 8. The van der Waals surface area contributed by atoms with E-state index in [4.69, 9.17) is 14.2 Å². The summed E-state index contributed by atoms with van der Waals surface area (Å²) in [5.74, 6) is -0.0426. The largest absolute Gasteiger partial charge is 0.497 e. The fourth-order valence-corrected chi connectivity index (χ4v) is 1.51. The molecule has 0 atom stereocenters. The molecule has 0 saturated heterocycles. The van der Waals surface area contributed by atoms with E-state index in [0.29, 0.717) is 18.0 Å². The fraction of sp³-hybridized carbons (Fsp3) is 0.438. The van der Waals surface area contributed by atoms with Gasteiger partial charge in [0.1, 0.15) is 11.5 Å². The predicted octanol–water partition coefficient (Wildman–Crippen LogP) is 1.10. The highest BCUT2D eigenvalue weighted by Gasteiger charge is 2.11. The summed E-state index contributed by atoms with van der Waals surface area (Å²) in [4.78, 5) is 34.3. The van der Waals surface area contributed by atoms with E-state index in [0.717, 1.165) is 0 Å². The minimum Gasteiger partial charge on any atom is -0.497 e. The smallest absolute Gasteiger partial charge is 0.344 e. The Morgan fingerprint density at radius 2 is 1.67 bits per heavy atom. The van der Waals surface area contributed by atoms with E-state index in [1.54, 1.807) is 31.4 Å². The van der Waals surface area contributed by atoms with Crippen LogP contribution in [0.2, 0.25) is 0 Å². The van der Waals surface area contributed by atoms with Gasteiger partial charge in [-0.05, 0) is 30.2 Å². The van der Waals surface area contributed by atoms with Crippen LogP contribution in [-0.4, -0.2) is 44.8 Å². The molecule has 0 saturated carbocycles. The minimum absolute atomic E-state index is 0.263. The zero-order valence-electron chi connectivity index (χ0n) is 14.0. The van der Waals surface area contributed by atoms with Crippen LogP contribution in [0, 0.1) is 5.92 Å². The molecular formula is C16H22N2O6. The average Bonchev–Trinajstić information content (AvgIpc) is 2.56. The second-order valence-corrected chi connectivity index (χ2v) is 5.28. The monoisotopic (exact) mass is 338 g/mol. The van der Waals surface area contributed by atoms with Gasteiger partial charge < -0.3 is 19.5 Å². The third-order valence-corrected chi connectivity index (χ3v) is 2.70. The molecule has 132 valence electrons. The Morgan fingerprint density at radius 1 is 1.04 bits per heavy atom. The summed E-state index contributed by atoms with van der Waals surface area (Å²) in [5.41, 5.74) is 0. The number of esters is 1. The van der Waals surface area contributed by atoms with E-state index < -0.39 is 24.5 Å². The summed E-state index contributed by atoms with van der Waals surface area (Å²) in [6, 6.07) is 6.02. The van der Waals surface area contributed by atoms with Gasteiger partial charge in [0.2, 0.25) is 0 Å². The molecule has 1 aromatic carbocycles. The van der Waals surface area contributed by atoms with Crippen molar-refractivity contribution in [1.82, 2.24) is 10.6 Å². The topological polar surface area (TPSA) is 103 Å². The molecule has 0 bridgehead atoms. The standard InChI is InChI=1S/C16H22N2O6/c1-11(2)8-17-16(21)18-14(19)9-24-15(20)10-23-13-6-4-12(22-3)5-7-13/h4-7,11H,8-10H2,1-3H3,(H2,17,18,19,21). The molecule has 0 aromatic heterocycles. The molecule has 0 spiro atoms. The van der Waals surface area contributed by atoms with Crippen LogP contribution >= 0.6 is 0 Å². The van der Waals surface area contributed by atoms with Crippen molar-refractivity contribution < 1.29 is 28.6 Å². The molecular weight excluding hydrogens is 316 g/mol. The normalized spacial score (nSPS) is 10.0. The summed E-state index contributed by atoms with van der Waals surface area (Å²) in [6.45, 7) is 3.38. The lowest BCUT2D eigenvalue weighted by atomic mass is 10.2. The summed E-state index contributed by atoms with van der Waals surface area (Å²) in [6.07, 6.45) is 0. The number of imide groups is 1. The molecule has 0 aliphatic carbocycles. The molecule has 3 amide bonds. The molecule has 0 aliphatic heterocycles. The third-order valence-electron chi connectivity index (χ3n) is 2.70. The highest BCUT2D eigenvalue weighted by molar-refractivity contribution is 5.95. The van der Waals surface area contributed by atoms with Crippen molar-refractivity contribution in [2.75, 3.05) is 26.9 Å². The number of urea groups is 1. The number of benzene rings is 1. The number of hydrogen-bond donors (Lipinski definition) is 2. The molecule has 24 heavy (non-hydrogen) atoms. The van der Waals surface area contributed by atoms with Gasteiger partial charge >= 0.3 is 12.0 Å². The Morgan fingerprint density at radius 3 is 2.25 bits per heavy atom. The Balaban J connectivity index is 2.22. The zero-order valence-corrected chi connectivity index (χ0v) is 14.0. The van der Waals surface area contributed by atoms with Crippen LogP contribution in [0.15, 0.2) is 24.3 Å². The Hall–Kier alpha value is -2.77. The first-order chi connectivity index (χ1) is 11.4. The molecule has 8 heteroatoms. The Kier molecular flexibility index (Phi) is 8.10. The van der Waals surface area contributed by atoms with Crippen LogP contribution in [0.5, 0.6) is 11.5 Å². The number of nitrogens with one attached hydrogen (secondary N) is 2. The minimum atomic E-state index is -0.719. The van der Waals surface area contributed by atoms with Crippen LogP contribution in [0.1, 0.15) is 13.8 Å². The molecule has 0 radical (unpaired) electrons. The van der Waals surface area contributed by atoms with E-state index in [9.17, 15) is 14.4 Å². The van der Waals surface area contributed by atoms with Gasteiger partial charge in [0.15, 0.2) is 13.2 Å². The van der Waals surface area contributed by atoms with Gasteiger partial charge in [-0.3, -0.25) is 10.1 Å². The van der Waals surface area contributed by atoms with E-state index >= 15 is 0 Å². The molecule has 0 unspecified atom stereocenters. The molecule has 1 rings (SSSR count). The van der Waals surface area contributed by atoms with Crippen molar-refractivity contribution in [2.45, 2.75) is 13.8 Å². The quantitative estimate of drug-likeness (QED) is 0.688. The van der Waals surface area contributed by atoms with Gasteiger partial charge in [0, 0.05) is 6.54 Å². The maximum absolute atomic E-state index is 11.5. The SMILES string of the molecule is COc1ccc(OCC(=O)OCC(=O)NC(=O)NCC(C)C)cc1. The summed E-state index contributed by atoms with van der Waals surface area (Å²) in [5, 5.41) is 4.57. The number of hydrogen-bond acceptors (Lipinski definition) is 6. The highest BCUT2D eigenvalue weighted by atomic mass is 16.6. The maximum atomic E-state index is 11.5. The molecule has 8 nitrogen and oxygen atoms in total. The Bertz CT molecular complexity index is 556. The van der Waals surface area contributed by atoms with Gasteiger partial charge in [-0.2, -0.15) is 0 Å². The lowest BCUT2D eigenvalue weighted by Gasteiger charge is -2.09. The molecule has 0 heterocycles. The number of carbonyl (C=O) groups is 3. The van der Waals surface area contributed by atoms with Gasteiger partial charge in [0.25, 0.3) is 5.91 Å². The van der Waals surface area contributed by atoms with E-state index in [1.165, 1.54) is 0 Å². The lowest BCUT2D eigenvalue weighted by molar-refractivity contribution is -0.150. The van der Waals surface area contributed by atoms with Crippen molar-refractivity contribution >= 4 is 17.9 Å². The first kappa shape index (κ1) is 19.3. The zero-order chi connectivity index (χ0) is 17.9. The van der Waals surface area contributed by atoms with Crippen molar-refractivity contribution in [1.29, 1.82) is 0 Å². The predicted molar refractivity (Wildman–Crippen MR) is 85.8 cm³/mol. The van der Waals surface area contributed by atoms with Gasteiger partial charge in [0.05, 0.1) is 7.11 Å². The number of amides is 3. The van der Waals surface area contributed by atoms with Crippen molar-refractivity contribution in [2.24, 2.45) is 5.92 Å². The van der Waals surface area contributed by atoms with Crippen LogP contribution < -0.4 is 20.1 Å². The first-order valence-corrected chi connectivity index (χ1v) is 7.41. The average molecular weight is 338 g/mol. The third kappa shape index (κ3) is 8.02. The van der Waals surface area contributed by atoms with Gasteiger partial charge in [-0.1, -0.05) is 13.8 Å². The summed E-state index contributed by atoms with van der Waals surface area (Å²) >= 11 is 0. The van der Waals surface area contributed by atoms with E-state index in [-0.39, 0.29) is 12.5 Å². The highest BCUT2D eigenvalue weighted by Crippen LogP contribution is 2.16. The molecule has 2 N–H and O–H groups in total. The van der Waals surface area contributed by atoms with Gasteiger partial charge in [-0.25, -0.2) is 9.59 Å². The lowest BCUT2D eigenvalue weighted by Crippen LogP contribution is -2.42. The number of ether oxygens (including phenoxy) is 3. The van der Waals surface area contributed by atoms with E-state index in [1.807, 2.05) is 13.8 Å². The van der Waals surface area contributed by atoms with Gasteiger partial charge in [-0.15, -0.1) is 0 Å². The number of methoxy groups -OCH3 is 1. The van der Waals surface area contributed by atoms with Crippen molar-refractivity contribution in [3.8, 4) is 11.5 Å². The van der Waals surface area contributed by atoms with Crippen LogP contribution in [-0.2, 0) is 14.3 Å². The molecule has 1 aromatic rings. The molecule has 0 aliphatic rings. The fourth-order valence-electron chi connectivity index (χ4n) is 1.51. The second kappa shape index (κ2) is 10.1. The van der Waals surface area contributed by atoms with Crippen LogP contribution in [0.3, 0.4) is 0 Å². The first-order valence-electron chi connectivity index (χ1n) is 7.41. The molecule has 0 fully saturated rings. The van der Waals surface area contributed by atoms with Crippen molar-refractivity contribution in [3.63, 3.8) is 0 Å². The van der Waals surface area contributed by atoms with Crippen LogP contribution in [0.25, 0.3) is 0 Å². The van der Waals surface area contributed by atoms with E-state index in [2.05, 4.69) is 10.6 Å². The maximum Gasteiger partial charge on any atom is 0.344 e. The number of carbonyl (C=O) groups excluding carboxylic acids is 3. The van der Waals surface area contributed by atoms with Crippen LogP contribution in [0.4, 0.5) is 4.79 Å².